The number of anilines is 4. The van der Waals surface area contributed by atoms with Gasteiger partial charge in [0.05, 0.1) is 23.5 Å². The molecule has 2 aliphatic heterocycles. The second kappa shape index (κ2) is 25.1. The van der Waals surface area contributed by atoms with E-state index in [0.29, 0.717) is 86.2 Å². The molecule has 0 aliphatic carbocycles. The third-order valence-corrected chi connectivity index (χ3v) is 14.5. The molecule has 4 rings (SSSR count). The van der Waals surface area contributed by atoms with Crippen LogP contribution < -0.4 is 43.4 Å². The van der Waals surface area contributed by atoms with Crippen LogP contribution in [0.25, 0.3) is 0 Å². The molecule has 352 valence electrons. The Morgan fingerprint density at radius 3 is 1.13 bits per heavy atom. The summed E-state index contributed by atoms with van der Waals surface area (Å²) in [5, 5.41) is 21.4. The molecule has 0 radical (unpaired) electrons. The number of rotatable bonds is 28. The molecule has 0 bridgehead atoms. The van der Waals surface area contributed by atoms with Crippen molar-refractivity contribution in [1.82, 2.24) is 40.5 Å². The maximum atomic E-state index is 5.91. The van der Waals surface area contributed by atoms with Crippen molar-refractivity contribution in [2.45, 2.75) is 167 Å². The lowest BCUT2D eigenvalue weighted by atomic mass is 9.71. The Balaban J connectivity index is 1.87. The summed E-state index contributed by atoms with van der Waals surface area (Å²) < 4.78 is 0. The minimum absolute atomic E-state index is 0.0148. The molecule has 4 heterocycles. The van der Waals surface area contributed by atoms with Crippen LogP contribution in [-0.2, 0) is 0 Å². The molecular weight excluding hydrogens is 809 g/mol. The van der Waals surface area contributed by atoms with Crippen molar-refractivity contribution in [3.05, 3.63) is 37.0 Å². The number of aromatic nitrogens is 6. The summed E-state index contributed by atoms with van der Waals surface area (Å²) in [5.74, 6) is 3.94. The molecule has 16 nitrogen and oxygen atoms in total. The van der Waals surface area contributed by atoms with E-state index in [4.69, 9.17) is 41.4 Å². The first-order valence-corrected chi connectivity index (χ1v) is 25.0. The van der Waals surface area contributed by atoms with E-state index >= 15 is 0 Å². The van der Waals surface area contributed by atoms with Crippen molar-refractivity contribution < 1.29 is 0 Å². The van der Waals surface area contributed by atoms with Gasteiger partial charge in [-0.1, -0.05) is 67.5 Å². The number of nitrogens with zero attached hydrogens (tertiary/aromatic N) is 8. The zero-order chi connectivity index (χ0) is 45.9. The molecule has 10 N–H and O–H groups in total. The van der Waals surface area contributed by atoms with Gasteiger partial charge in [0.1, 0.15) is 0 Å². The summed E-state index contributed by atoms with van der Waals surface area (Å²) in [4.78, 5) is 40.6. The van der Waals surface area contributed by atoms with Gasteiger partial charge in [-0.2, -0.15) is 29.9 Å². The third kappa shape index (κ3) is 14.1. The van der Waals surface area contributed by atoms with Gasteiger partial charge in [-0.15, -0.1) is 24.9 Å². The molecule has 2 aromatic heterocycles. The van der Waals surface area contributed by atoms with Gasteiger partial charge in [-0.25, -0.2) is 0 Å². The van der Waals surface area contributed by atoms with Gasteiger partial charge in [-0.05, 0) is 77.0 Å². The molecule has 2 saturated heterocycles. The Bertz CT molecular complexity index is 1620. The van der Waals surface area contributed by atoms with E-state index in [0.717, 1.165) is 88.5 Å². The molecule has 63 heavy (non-hydrogen) atoms. The lowest BCUT2D eigenvalue weighted by Crippen LogP contribution is -2.63. The molecule has 0 aromatic carbocycles. The highest BCUT2D eigenvalue weighted by Gasteiger charge is 2.46. The Hall–Kier alpha value is -3.77. The van der Waals surface area contributed by atoms with E-state index in [2.05, 4.69) is 110 Å². The molecular formula is C46H82N16S. The third-order valence-electron chi connectivity index (χ3n) is 13.6. The van der Waals surface area contributed by atoms with E-state index < -0.39 is 0 Å². The van der Waals surface area contributed by atoms with Crippen molar-refractivity contribution >= 4 is 47.0 Å². The maximum Gasteiger partial charge on any atom is 0.228 e. The standard InChI is InChI=1S/C46H82N16S/c1-11-23-49-39-55-37(57-41(59-39)51-25-21-47)35(53-33-27-43(13-3,14-4)61-44(15-5,16-6)28-33)31-63-32-36(38-56-40(50-24-12-2)60-42(58-38)52-26-22-48)54-34-29-45(17-7,18-8)62-46(19-9,20-10)30-34/h11-12,33-34,61-62H,1-2,13-32,47-48H2,3-10H3,(H2,49,51,55,57,59)(H2,50,52,56,58,60). The summed E-state index contributed by atoms with van der Waals surface area (Å²) in [5.41, 5.74) is 13.4. The Labute approximate surface area is 383 Å². The topological polar surface area (TPSA) is 226 Å². The van der Waals surface area contributed by atoms with Crippen molar-refractivity contribution in [3.8, 4) is 0 Å². The van der Waals surface area contributed by atoms with Crippen LogP contribution in [0.4, 0.5) is 23.8 Å². The first kappa shape index (κ1) is 51.9. The van der Waals surface area contributed by atoms with E-state index in [1.807, 2.05) is 0 Å². The van der Waals surface area contributed by atoms with Crippen LogP contribution in [0, 0.1) is 0 Å². The van der Waals surface area contributed by atoms with Crippen LogP contribution in [0.15, 0.2) is 35.3 Å². The largest absolute Gasteiger partial charge is 0.353 e. The normalized spacial score (nSPS) is 18.8. The minimum atomic E-state index is -0.0148. The quantitative estimate of drug-likeness (QED) is 0.0327. The van der Waals surface area contributed by atoms with Crippen molar-refractivity contribution in [1.29, 1.82) is 0 Å². The fourth-order valence-electron chi connectivity index (χ4n) is 9.35. The highest BCUT2D eigenvalue weighted by atomic mass is 32.2. The van der Waals surface area contributed by atoms with Crippen LogP contribution in [0.3, 0.4) is 0 Å². The maximum absolute atomic E-state index is 5.91. The molecule has 0 amide bonds. The summed E-state index contributed by atoms with van der Waals surface area (Å²) in [6.07, 6.45) is 15.5. The first-order valence-electron chi connectivity index (χ1n) is 23.8. The van der Waals surface area contributed by atoms with E-state index in [-0.39, 0.29) is 34.2 Å². The summed E-state index contributed by atoms with van der Waals surface area (Å²) in [6.45, 7) is 29.1. The van der Waals surface area contributed by atoms with Gasteiger partial charge in [0.25, 0.3) is 0 Å². The second-order valence-corrected chi connectivity index (χ2v) is 18.3. The number of nitrogens with one attached hydrogen (secondary N) is 6. The van der Waals surface area contributed by atoms with Crippen LogP contribution in [0.5, 0.6) is 0 Å². The van der Waals surface area contributed by atoms with Gasteiger partial charge in [0, 0.05) is 72.9 Å². The molecule has 0 unspecified atom stereocenters. The van der Waals surface area contributed by atoms with Crippen molar-refractivity contribution in [3.63, 3.8) is 0 Å². The van der Waals surface area contributed by atoms with Crippen LogP contribution in [-0.4, -0.2) is 126 Å². The van der Waals surface area contributed by atoms with Gasteiger partial charge >= 0.3 is 0 Å². The number of aliphatic imine (C=N–C) groups is 2. The Kier molecular flexibility index (Phi) is 20.6. The lowest BCUT2D eigenvalue weighted by molar-refractivity contribution is 0.0964. The zero-order valence-electron chi connectivity index (χ0n) is 40.0. The molecule has 2 fully saturated rings. The molecule has 0 spiro atoms. The Morgan fingerprint density at radius 2 is 0.857 bits per heavy atom. The van der Waals surface area contributed by atoms with Crippen molar-refractivity contribution in [2.24, 2.45) is 21.5 Å². The summed E-state index contributed by atoms with van der Waals surface area (Å²) in [6, 6.07) is 0.133. The van der Waals surface area contributed by atoms with Gasteiger partial charge in [0.2, 0.25) is 23.8 Å². The highest BCUT2D eigenvalue weighted by molar-refractivity contribution is 8.00. The van der Waals surface area contributed by atoms with Crippen LogP contribution in [0.1, 0.15) is 144 Å². The molecule has 2 aromatic rings. The average molecular weight is 891 g/mol. The van der Waals surface area contributed by atoms with E-state index in [9.17, 15) is 0 Å². The number of hydrogen-bond acceptors (Lipinski definition) is 17. The number of nitrogens with two attached hydrogens (primary N) is 2. The average Bonchev–Trinajstić information content (AvgIpc) is 3.32. The molecule has 2 aliphatic rings. The smallest absolute Gasteiger partial charge is 0.228 e. The second-order valence-electron chi connectivity index (χ2n) is 17.4. The molecule has 0 atom stereocenters. The zero-order valence-corrected chi connectivity index (χ0v) is 40.8. The predicted molar refractivity (Wildman–Crippen MR) is 268 cm³/mol. The van der Waals surface area contributed by atoms with Crippen LogP contribution >= 0.6 is 11.8 Å². The monoisotopic (exact) mass is 891 g/mol. The molecule has 17 heteroatoms. The number of thioether (sulfide) groups is 1. The fourth-order valence-corrected chi connectivity index (χ4v) is 10.2. The number of hydrogen-bond donors (Lipinski definition) is 8. The minimum Gasteiger partial charge on any atom is -0.353 e. The van der Waals surface area contributed by atoms with Gasteiger partial charge in [0.15, 0.2) is 11.6 Å². The molecule has 0 saturated carbocycles. The van der Waals surface area contributed by atoms with Gasteiger partial charge < -0.3 is 43.4 Å². The fraction of sp³-hybridized carbons (Fsp3) is 0.739. The lowest BCUT2D eigenvalue weighted by Gasteiger charge is -2.51. The van der Waals surface area contributed by atoms with E-state index in [1.165, 1.54) is 0 Å². The summed E-state index contributed by atoms with van der Waals surface area (Å²) in [7, 11) is 0. The number of piperidine rings is 2. The SMILES string of the molecule is C=CCNc1nc(NCCN)nc(C(CSCC(=NC2CC(CC)(CC)NC(CC)(CC)C2)c2nc(NCC=C)nc(NCCN)n2)=NC2CC(CC)(CC)NC(CC)(CC)C2)n1. The summed E-state index contributed by atoms with van der Waals surface area (Å²) >= 11 is 1.73. The predicted octanol–water partition coefficient (Wildman–Crippen LogP) is 6.74. The van der Waals surface area contributed by atoms with E-state index in [1.54, 1.807) is 23.9 Å². The Morgan fingerprint density at radius 1 is 0.556 bits per heavy atom. The highest BCUT2D eigenvalue weighted by Crippen LogP contribution is 2.40. The van der Waals surface area contributed by atoms with Gasteiger partial charge in [-0.3, -0.25) is 9.98 Å². The van der Waals surface area contributed by atoms with Crippen molar-refractivity contribution in [2.75, 3.05) is 72.0 Å². The first-order chi connectivity index (χ1) is 30.4. The van der Waals surface area contributed by atoms with Crippen LogP contribution in [0.2, 0.25) is 0 Å².